The zero-order valence-electron chi connectivity index (χ0n) is 16.1. The van der Waals surface area contributed by atoms with E-state index < -0.39 is 11.3 Å². The number of benzene rings is 1. The number of hydrogen-bond acceptors (Lipinski definition) is 5. The Hall–Kier alpha value is -2.24. The molecule has 4 rings (SSSR count). The first kappa shape index (κ1) is 17.2. The maximum absolute atomic E-state index is 12.3. The number of nitrogens with zero attached hydrogens (tertiary/aromatic N) is 3. The van der Waals surface area contributed by atoms with Gasteiger partial charge in [0.05, 0.1) is 0 Å². The number of carbonyl (C=O) groups is 1. The van der Waals surface area contributed by atoms with E-state index >= 15 is 0 Å². The van der Waals surface area contributed by atoms with E-state index in [1.54, 1.807) is 0 Å². The molecule has 1 unspecified atom stereocenters. The Bertz CT molecular complexity index is 726. The van der Waals surface area contributed by atoms with Gasteiger partial charge in [-0.05, 0) is 58.6 Å². The second kappa shape index (κ2) is 5.63. The SMILES string of the molecule is CC(C)(C)OC(=O)N1C[C@@H]2C(C3=NOC(C)(C)N3c3ccccc3)[C@@H]2C1. The highest BCUT2D eigenvalue weighted by Gasteiger charge is 2.62. The minimum Gasteiger partial charge on any atom is -0.444 e. The van der Waals surface area contributed by atoms with Crippen LogP contribution in [0.15, 0.2) is 35.5 Å². The van der Waals surface area contributed by atoms with E-state index in [1.165, 1.54) is 0 Å². The third-order valence-corrected chi connectivity index (χ3v) is 5.29. The molecule has 6 heteroatoms. The maximum Gasteiger partial charge on any atom is 0.410 e. The molecule has 0 N–H and O–H groups in total. The number of fused-ring (bicyclic) bond motifs is 1. The number of oxime groups is 1. The highest BCUT2D eigenvalue weighted by atomic mass is 16.7. The van der Waals surface area contributed by atoms with Gasteiger partial charge in [0, 0.05) is 24.7 Å². The van der Waals surface area contributed by atoms with Gasteiger partial charge < -0.3 is 14.5 Å². The second-order valence-corrected chi connectivity index (χ2v) is 8.90. The van der Waals surface area contributed by atoms with E-state index in [4.69, 9.17) is 9.57 Å². The van der Waals surface area contributed by atoms with Crippen molar-refractivity contribution in [3.05, 3.63) is 30.3 Å². The Morgan fingerprint density at radius 1 is 1.19 bits per heavy atom. The molecule has 2 heterocycles. The number of piperidine rings is 1. The van der Waals surface area contributed by atoms with E-state index in [2.05, 4.69) is 22.2 Å². The Morgan fingerprint density at radius 3 is 2.38 bits per heavy atom. The molecule has 2 fully saturated rings. The highest BCUT2D eigenvalue weighted by molar-refractivity contribution is 6.03. The molecule has 1 saturated carbocycles. The standard InChI is InChI=1S/C20H27N3O3/c1-19(2,3)25-18(24)22-11-14-15(12-22)16(14)17-21-26-20(4,5)23(17)13-9-7-6-8-10-13/h6-10,14-16H,11-12H2,1-5H3/t14-,15+,16?. The van der Waals surface area contributed by atoms with Crippen molar-refractivity contribution in [2.75, 3.05) is 18.0 Å². The van der Waals surface area contributed by atoms with Gasteiger partial charge in [0.2, 0.25) is 5.72 Å². The average molecular weight is 357 g/mol. The predicted molar refractivity (Wildman–Crippen MR) is 99.8 cm³/mol. The molecule has 0 radical (unpaired) electrons. The van der Waals surface area contributed by atoms with Gasteiger partial charge in [0.25, 0.3) is 0 Å². The molecular weight excluding hydrogens is 330 g/mol. The lowest BCUT2D eigenvalue weighted by Crippen LogP contribution is -2.46. The third-order valence-electron chi connectivity index (χ3n) is 5.29. The Balaban J connectivity index is 1.46. The lowest BCUT2D eigenvalue weighted by Gasteiger charge is -2.32. The fraction of sp³-hybridized carbons (Fsp3) is 0.600. The van der Waals surface area contributed by atoms with Crippen LogP contribution in [0, 0.1) is 17.8 Å². The summed E-state index contributed by atoms with van der Waals surface area (Å²) < 4.78 is 5.50. The normalized spacial score (nSPS) is 29.1. The van der Waals surface area contributed by atoms with E-state index in [1.807, 2.05) is 57.7 Å². The van der Waals surface area contributed by atoms with Crippen molar-refractivity contribution in [1.29, 1.82) is 0 Å². The van der Waals surface area contributed by atoms with Crippen LogP contribution in [0.4, 0.5) is 10.5 Å². The van der Waals surface area contributed by atoms with Crippen LogP contribution in [0.25, 0.3) is 0 Å². The zero-order valence-corrected chi connectivity index (χ0v) is 16.1. The molecule has 0 aromatic heterocycles. The molecule has 0 bridgehead atoms. The number of amides is 1. The second-order valence-electron chi connectivity index (χ2n) is 8.90. The van der Waals surface area contributed by atoms with Crippen molar-refractivity contribution in [3.63, 3.8) is 0 Å². The number of anilines is 1. The van der Waals surface area contributed by atoms with E-state index in [9.17, 15) is 4.79 Å². The van der Waals surface area contributed by atoms with E-state index in [-0.39, 0.29) is 6.09 Å². The van der Waals surface area contributed by atoms with Gasteiger partial charge in [-0.25, -0.2) is 4.79 Å². The fourth-order valence-corrected chi connectivity index (χ4v) is 4.13. The third kappa shape index (κ3) is 2.91. The van der Waals surface area contributed by atoms with Crippen LogP contribution < -0.4 is 4.90 Å². The van der Waals surface area contributed by atoms with Gasteiger partial charge in [-0.15, -0.1) is 0 Å². The van der Waals surface area contributed by atoms with Crippen molar-refractivity contribution >= 4 is 17.6 Å². The summed E-state index contributed by atoms with van der Waals surface area (Å²) in [5, 5.41) is 4.43. The van der Waals surface area contributed by atoms with Gasteiger partial charge in [-0.2, -0.15) is 0 Å². The molecule has 26 heavy (non-hydrogen) atoms. The number of likely N-dealkylation sites (tertiary alicyclic amines) is 1. The molecule has 6 nitrogen and oxygen atoms in total. The van der Waals surface area contributed by atoms with Crippen molar-refractivity contribution in [1.82, 2.24) is 4.90 Å². The molecule has 0 spiro atoms. The molecular formula is C20H27N3O3. The van der Waals surface area contributed by atoms with Crippen LogP contribution in [-0.4, -0.2) is 41.2 Å². The van der Waals surface area contributed by atoms with Crippen LogP contribution in [0.5, 0.6) is 0 Å². The highest BCUT2D eigenvalue weighted by Crippen LogP contribution is 2.55. The minimum absolute atomic E-state index is 0.215. The van der Waals surface area contributed by atoms with Crippen LogP contribution >= 0.6 is 0 Å². The van der Waals surface area contributed by atoms with Crippen LogP contribution in [0.3, 0.4) is 0 Å². The van der Waals surface area contributed by atoms with Gasteiger partial charge in [-0.3, -0.25) is 4.90 Å². The first-order valence-electron chi connectivity index (χ1n) is 9.27. The Kier molecular flexibility index (Phi) is 3.72. The molecule has 1 aromatic carbocycles. The van der Waals surface area contributed by atoms with E-state index in [0.717, 1.165) is 24.6 Å². The number of ether oxygens (including phenoxy) is 1. The monoisotopic (exact) mass is 357 g/mol. The largest absolute Gasteiger partial charge is 0.444 e. The number of carbonyl (C=O) groups excluding carboxylic acids is 1. The zero-order chi connectivity index (χ0) is 18.7. The lowest BCUT2D eigenvalue weighted by molar-refractivity contribution is 0.0138. The van der Waals surface area contributed by atoms with Crippen LogP contribution in [0.1, 0.15) is 34.6 Å². The molecule has 3 atom stereocenters. The maximum atomic E-state index is 12.3. The minimum atomic E-state index is -0.502. The summed E-state index contributed by atoms with van der Waals surface area (Å²) in [6.45, 7) is 11.2. The summed E-state index contributed by atoms with van der Waals surface area (Å²) in [6, 6.07) is 10.2. The van der Waals surface area contributed by atoms with Crippen molar-refractivity contribution in [3.8, 4) is 0 Å². The number of para-hydroxylation sites is 1. The number of rotatable bonds is 2. The quantitative estimate of drug-likeness (QED) is 0.810. The first-order chi connectivity index (χ1) is 12.2. The Morgan fingerprint density at radius 2 is 1.81 bits per heavy atom. The number of amidine groups is 1. The van der Waals surface area contributed by atoms with Crippen molar-refractivity contribution in [2.24, 2.45) is 22.9 Å². The first-order valence-corrected chi connectivity index (χ1v) is 9.27. The summed E-state index contributed by atoms with van der Waals surface area (Å²) in [5.41, 5.74) is 0.127. The summed E-state index contributed by atoms with van der Waals surface area (Å²) in [7, 11) is 0. The predicted octanol–water partition coefficient (Wildman–Crippen LogP) is 3.69. The van der Waals surface area contributed by atoms with Gasteiger partial charge in [0.15, 0.2) is 5.84 Å². The molecule has 2 aliphatic heterocycles. The summed E-state index contributed by atoms with van der Waals surface area (Å²) in [4.78, 5) is 22.0. The van der Waals surface area contributed by atoms with Crippen LogP contribution in [0.2, 0.25) is 0 Å². The Labute approximate surface area is 154 Å². The summed E-state index contributed by atoms with van der Waals surface area (Å²) >= 11 is 0. The summed E-state index contributed by atoms with van der Waals surface area (Å²) in [6.07, 6.45) is -0.215. The van der Waals surface area contributed by atoms with E-state index in [0.29, 0.717) is 17.8 Å². The van der Waals surface area contributed by atoms with Gasteiger partial charge >= 0.3 is 6.09 Å². The smallest absolute Gasteiger partial charge is 0.410 e. The molecule has 1 amide bonds. The molecule has 1 aliphatic carbocycles. The number of hydrogen-bond donors (Lipinski definition) is 0. The summed E-state index contributed by atoms with van der Waals surface area (Å²) in [5.74, 6) is 2.20. The van der Waals surface area contributed by atoms with Crippen molar-refractivity contribution < 1.29 is 14.4 Å². The van der Waals surface area contributed by atoms with Crippen LogP contribution in [-0.2, 0) is 9.57 Å². The van der Waals surface area contributed by atoms with Gasteiger partial charge in [0.1, 0.15) is 5.60 Å². The molecule has 3 aliphatic rings. The lowest BCUT2D eigenvalue weighted by atomic mass is 10.1. The molecule has 140 valence electrons. The average Bonchev–Trinajstić information content (AvgIpc) is 2.89. The molecule has 1 aromatic rings. The fourth-order valence-electron chi connectivity index (χ4n) is 4.13. The van der Waals surface area contributed by atoms with Gasteiger partial charge in [-0.1, -0.05) is 23.4 Å². The molecule has 1 saturated heterocycles. The van der Waals surface area contributed by atoms with Crippen molar-refractivity contribution in [2.45, 2.75) is 45.9 Å². The topological polar surface area (TPSA) is 54.4 Å².